The Labute approximate surface area is 122 Å². The smallest absolute Gasteiger partial charge is 0.119 e. The van der Waals surface area contributed by atoms with Gasteiger partial charge in [-0.2, -0.15) is 0 Å². The molecule has 0 aliphatic heterocycles. The molecule has 1 aliphatic carbocycles. The number of ether oxygens (including phenoxy) is 2. The van der Waals surface area contributed by atoms with Crippen LogP contribution in [0, 0.1) is 0 Å². The first-order valence-corrected chi connectivity index (χ1v) is 7.94. The molecule has 2 rings (SSSR count). The fourth-order valence-electron chi connectivity index (χ4n) is 2.76. The molecule has 1 aliphatic rings. The standard InChI is InChI=1S/C17H27NO2/c1-3-12-18-14-6-5-7-17(13-14)20-16-10-8-15(9-11-16)19-4-2/h8-11,14,17-18H,3-7,12-13H2,1-2H3. The molecule has 1 N–H and O–H groups in total. The molecule has 20 heavy (non-hydrogen) atoms. The Morgan fingerprint density at radius 1 is 1.10 bits per heavy atom. The van der Waals surface area contributed by atoms with Gasteiger partial charge in [-0.05, 0) is 69.8 Å². The van der Waals surface area contributed by atoms with Gasteiger partial charge in [0, 0.05) is 6.04 Å². The zero-order chi connectivity index (χ0) is 14.2. The maximum absolute atomic E-state index is 6.10. The highest BCUT2D eigenvalue weighted by molar-refractivity contribution is 5.31. The summed E-state index contributed by atoms with van der Waals surface area (Å²) < 4.78 is 11.5. The highest BCUT2D eigenvalue weighted by Crippen LogP contribution is 2.25. The molecule has 1 aromatic carbocycles. The summed E-state index contributed by atoms with van der Waals surface area (Å²) in [5.74, 6) is 1.86. The first-order chi connectivity index (χ1) is 9.81. The molecule has 2 unspecified atom stereocenters. The van der Waals surface area contributed by atoms with Crippen LogP contribution in [-0.4, -0.2) is 25.3 Å². The van der Waals surface area contributed by atoms with Crippen LogP contribution in [0.2, 0.25) is 0 Å². The van der Waals surface area contributed by atoms with Gasteiger partial charge < -0.3 is 14.8 Å². The van der Waals surface area contributed by atoms with Crippen molar-refractivity contribution < 1.29 is 9.47 Å². The van der Waals surface area contributed by atoms with E-state index in [4.69, 9.17) is 9.47 Å². The quantitative estimate of drug-likeness (QED) is 0.823. The van der Waals surface area contributed by atoms with Gasteiger partial charge in [0.05, 0.1) is 6.61 Å². The predicted molar refractivity (Wildman–Crippen MR) is 82.6 cm³/mol. The van der Waals surface area contributed by atoms with E-state index in [9.17, 15) is 0 Å². The molecule has 0 heterocycles. The molecule has 0 spiro atoms. The van der Waals surface area contributed by atoms with Crippen LogP contribution in [0.15, 0.2) is 24.3 Å². The lowest BCUT2D eigenvalue weighted by Crippen LogP contribution is -2.38. The van der Waals surface area contributed by atoms with Crippen molar-refractivity contribution in [1.29, 1.82) is 0 Å². The largest absolute Gasteiger partial charge is 0.494 e. The van der Waals surface area contributed by atoms with Crippen molar-refractivity contribution >= 4 is 0 Å². The van der Waals surface area contributed by atoms with Crippen LogP contribution in [0.25, 0.3) is 0 Å². The van der Waals surface area contributed by atoms with E-state index >= 15 is 0 Å². The molecule has 0 radical (unpaired) electrons. The van der Waals surface area contributed by atoms with Crippen molar-refractivity contribution in [1.82, 2.24) is 5.32 Å². The van der Waals surface area contributed by atoms with Crippen LogP contribution in [-0.2, 0) is 0 Å². The maximum Gasteiger partial charge on any atom is 0.119 e. The minimum atomic E-state index is 0.344. The predicted octanol–water partition coefficient (Wildman–Crippen LogP) is 3.77. The minimum Gasteiger partial charge on any atom is -0.494 e. The monoisotopic (exact) mass is 277 g/mol. The van der Waals surface area contributed by atoms with Crippen LogP contribution in [0.3, 0.4) is 0 Å². The summed E-state index contributed by atoms with van der Waals surface area (Å²) in [6.45, 7) is 6.02. The second-order valence-corrected chi connectivity index (χ2v) is 5.46. The van der Waals surface area contributed by atoms with Crippen LogP contribution >= 0.6 is 0 Å². The van der Waals surface area contributed by atoms with Crippen LogP contribution in [0.5, 0.6) is 11.5 Å². The van der Waals surface area contributed by atoms with E-state index in [0.717, 1.165) is 30.9 Å². The van der Waals surface area contributed by atoms with E-state index in [2.05, 4.69) is 12.2 Å². The summed E-state index contributed by atoms with van der Waals surface area (Å²) >= 11 is 0. The van der Waals surface area contributed by atoms with Crippen molar-refractivity contribution in [2.24, 2.45) is 0 Å². The number of nitrogens with one attached hydrogen (secondary N) is 1. The average molecular weight is 277 g/mol. The zero-order valence-corrected chi connectivity index (χ0v) is 12.7. The Kier molecular flexibility index (Phi) is 6.19. The Hall–Kier alpha value is -1.22. The molecule has 1 fully saturated rings. The van der Waals surface area contributed by atoms with E-state index in [1.165, 1.54) is 19.3 Å². The average Bonchev–Trinajstić information content (AvgIpc) is 2.48. The van der Waals surface area contributed by atoms with Gasteiger partial charge in [0.15, 0.2) is 0 Å². The summed E-state index contributed by atoms with van der Waals surface area (Å²) in [5.41, 5.74) is 0. The fourth-order valence-corrected chi connectivity index (χ4v) is 2.76. The molecule has 3 nitrogen and oxygen atoms in total. The lowest BCUT2D eigenvalue weighted by molar-refractivity contribution is 0.134. The SMILES string of the molecule is CCCNC1CCCC(Oc2ccc(OCC)cc2)C1. The molecule has 0 amide bonds. The normalized spacial score (nSPS) is 22.5. The number of hydrogen-bond donors (Lipinski definition) is 1. The first kappa shape index (κ1) is 15.2. The second-order valence-electron chi connectivity index (χ2n) is 5.46. The number of rotatable bonds is 7. The molecule has 1 aromatic rings. The van der Waals surface area contributed by atoms with Gasteiger partial charge in [0.25, 0.3) is 0 Å². The third-order valence-corrected chi connectivity index (χ3v) is 3.75. The van der Waals surface area contributed by atoms with Crippen LogP contribution < -0.4 is 14.8 Å². The summed E-state index contributed by atoms with van der Waals surface area (Å²) in [6.07, 6.45) is 6.36. The van der Waals surface area contributed by atoms with Gasteiger partial charge >= 0.3 is 0 Å². The van der Waals surface area contributed by atoms with Crippen LogP contribution in [0.4, 0.5) is 0 Å². The fraction of sp³-hybridized carbons (Fsp3) is 0.647. The van der Waals surface area contributed by atoms with Gasteiger partial charge in [-0.1, -0.05) is 6.92 Å². The van der Waals surface area contributed by atoms with Gasteiger partial charge in [0.2, 0.25) is 0 Å². The van der Waals surface area contributed by atoms with E-state index in [1.54, 1.807) is 0 Å². The summed E-state index contributed by atoms with van der Waals surface area (Å²) in [7, 11) is 0. The lowest BCUT2D eigenvalue weighted by Gasteiger charge is -2.30. The van der Waals surface area contributed by atoms with Gasteiger partial charge in [-0.15, -0.1) is 0 Å². The van der Waals surface area contributed by atoms with Crippen molar-refractivity contribution in [3.8, 4) is 11.5 Å². The zero-order valence-electron chi connectivity index (χ0n) is 12.7. The van der Waals surface area contributed by atoms with E-state index < -0.39 is 0 Å². The molecule has 3 heteroatoms. The molecule has 0 bridgehead atoms. The molecule has 1 saturated carbocycles. The van der Waals surface area contributed by atoms with Crippen molar-refractivity contribution in [2.75, 3.05) is 13.2 Å². The lowest BCUT2D eigenvalue weighted by atomic mass is 9.92. The topological polar surface area (TPSA) is 30.5 Å². The van der Waals surface area contributed by atoms with E-state index in [0.29, 0.717) is 18.8 Å². The summed E-state index contributed by atoms with van der Waals surface area (Å²) in [5, 5.41) is 3.61. The highest BCUT2D eigenvalue weighted by Gasteiger charge is 2.22. The summed E-state index contributed by atoms with van der Waals surface area (Å²) in [4.78, 5) is 0. The third kappa shape index (κ3) is 4.71. The van der Waals surface area contributed by atoms with Gasteiger partial charge in [-0.3, -0.25) is 0 Å². The first-order valence-electron chi connectivity index (χ1n) is 7.94. The van der Waals surface area contributed by atoms with Crippen molar-refractivity contribution in [2.45, 2.75) is 58.1 Å². The molecular weight excluding hydrogens is 250 g/mol. The molecule has 0 saturated heterocycles. The maximum atomic E-state index is 6.10. The van der Waals surface area contributed by atoms with Crippen LogP contribution in [0.1, 0.15) is 46.0 Å². The van der Waals surface area contributed by atoms with Crippen molar-refractivity contribution in [3.05, 3.63) is 24.3 Å². The molecular formula is C17H27NO2. The number of hydrogen-bond acceptors (Lipinski definition) is 3. The third-order valence-electron chi connectivity index (χ3n) is 3.75. The van der Waals surface area contributed by atoms with Gasteiger partial charge in [0.1, 0.15) is 17.6 Å². The number of benzene rings is 1. The molecule has 2 atom stereocenters. The highest BCUT2D eigenvalue weighted by atomic mass is 16.5. The summed E-state index contributed by atoms with van der Waals surface area (Å²) in [6, 6.07) is 8.60. The Morgan fingerprint density at radius 2 is 1.85 bits per heavy atom. The Morgan fingerprint density at radius 3 is 2.55 bits per heavy atom. The van der Waals surface area contributed by atoms with Gasteiger partial charge in [-0.25, -0.2) is 0 Å². The second kappa shape index (κ2) is 8.15. The Balaban J connectivity index is 1.82. The molecule has 0 aromatic heterocycles. The van der Waals surface area contributed by atoms with E-state index in [-0.39, 0.29) is 0 Å². The van der Waals surface area contributed by atoms with E-state index in [1.807, 2.05) is 31.2 Å². The van der Waals surface area contributed by atoms with Crippen molar-refractivity contribution in [3.63, 3.8) is 0 Å². The Bertz CT molecular complexity index is 377. The molecule has 112 valence electrons. The minimum absolute atomic E-state index is 0.344.